The standard InChI is InChI=1S/C20H17BrN2O4/c1-13-4-3-5-16(8-13)23-20(25)15(11-22)9-14-6-7-18(17(21)10-14)27-12-19(24)26-2/h3-10H,12H2,1-2H3,(H,23,25)/b15-9-. The number of hydrogen-bond donors (Lipinski definition) is 1. The second kappa shape index (κ2) is 9.55. The quantitative estimate of drug-likeness (QED) is 0.428. The summed E-state index contributed by atoms with van der Waals surface area (Å²) in [5, 5.41) is 12.0. The van der Waals surface area contributed by atoms with Crippen LogP contribution in [-0.4, -0.2) is 25.6 Å². The molecule has 2 aromatic rings. The number of ether oxygens (including phenoxy) is 2. The van der Waals surface area contributed by atoms with Gasteiger partial charge in [-0.1, -0.05) is 18.2 Å². The van der Waals surface area contributed by atoms with Crippen LogP contribution in [0.2, 0.25) is 0 Å². The zero-order valence-corrected chi connectivity index (χ0v) is 16.4. The number of hydrogen-bond acceptors (Lipinski definition) is 5. The molecule has 0 bridgehead atoms. The summed E-state index contributed by atoms with van der Waals surface area (Å²) in [4.78, 5) is 23.5. The van der Waals surface area contributed by atoms with Crippen molar-refractivity contribution in [3.05, 3.63) is 63.6 Å². The van der Waals surface area contributed by atoms with Crippen LogP contribution >= 0.6 is 15.9 Å². The van der Waals surface area contributed by atoms with Gasteiger partial charge in [0.2, 0.25) is 0 Å². The lowest BCUT2D eigenvalue weighted by atomic mass is 10.1. The van der Waals surface area contributed by atoms with E-state index in [9.17, 15) is 14.9 Å². The SMILES string of the molecule is COC(=O)COc1ccc(/C=C(/C#N)C(=O)Nc2cccc(C)c2)cc1Br. The molecule has 0 aromatic heterocycles. The molecule has 0 aliphatic carbocycles. The topological polar surface area (TPSA) is 88.4 Å². The van der Waals surface area contributed by atoms with E-state index in [-0.39, 0.29) is 12.2 Å². The zero-order chi connectivity index (χ0) is 19.8. The number of nitrogens with zero attached hydrogens (tertiary/aromatic N) is 1. The van der Waals surface area contributed by atoms with Crippen molar-refractivity contribution < 1.29 is 19.1 Å². The van der Waals surface area contributed by atoms with Gasteiger partial charge in [-0.15, -0.1) is 0 Å². The minimum Gasteiger partial charge on any atom is -0.481 e. The van der Waals surface area contributed by atoms with Crippen molar-refractivity contribution >= 4 is 39.6 Å². The van der Waals surface area contributed by atoms with Gasteiger partial charge in [0.25, 0.3) is 5.91 Å². The van der Waals surface area contributed by atoms with Gasteiger partial charge in [-0.25, -0.2) is 4.79 Å². The van der Waals surface area contributed by atoms with Crippen LogP contribution in [0.25, 0.3) is 6.08 Å². The largest absolute Gasteiger partial charge is 0.481 e. The normalized spacial score (nSPS) is 10.7. The van der Waals surface area contributed by atoms with Crippen molar-refractivity contribution in [3.8, 4) is 11.8 Å². The number of nitrogens with one attached hydrogen (secondary N) is 1. The second-order valence-corrected chi connectivity index (χ2v) is 6.40. The molecular weight excluding hydrogens is 412 g/mol. The molecule has 2 aromatic carbocycles. The van der Waals surface area contributed by atoms with Gasteiger partial charge >= 0.3 is 5.97 Å². The molecule has 2 rings (SSSR count). The average Bonchev–Trinajstić information content (AvgIpc) is 2.65. The van der Waals surface area contributed by atoms with E-state index in [2.05, 4.69) is 26.0 Å². The molecule has 0 unspecified atom stereocenters. The Morgan fingerprint density at radius 2 is 2.04 bits per heavy atom. The predicted molar refractivity (Wildman–Crippen MR) is 105 cm³/mol. The summed E-state index contributed by atoms with van der Waals surface area (Å²) >= 11 is 3.34. The van der Waals surface area contributed by atoms with Gasteiger partial charge in [0, 0.05) is 5.69 Å². The summed E-state index contributed by atoms with van der Waals surface area (Å²) in [5.41, 5.74) is 2.21. The summed E-state index contributed by atoms with van der Waals surface area (Å²) in [7, 11) is 1.28. The lowest BCUT2D eigenvalue weighted by Crippen LogP contribution is -2.13. The molecule has 7 heteroatoms. The first-order valence-corrected chi connectivity index (χ1v) is 8.71. The molecule has 6 nitrogen and oxygen atoms in total. The monoisotopic (exact) mass is 428 g/mol. The number of carbonyl (C=O) groups is 2. The van der Waals surface area contributed by atoms with E-state index < -0.39 is 11.9 Å². The van der Waals surface area contributed by atoms with E-state index >= 15 is 0 Å². The molecule has 0 radical (unpaired) electrons. The van der Waals surface area contributed by atoms with E-state index in [1.807, 2.05) is 31.2 Å². The maximum Gasteiger partial charge on any atom is 0.343 e. The van der Waals surface area contributed by atoms with Crippen LogP contribution in [0.4, 0.5) is 5.69 Å². The molecule has 0 saturated carbocycles. The summed E-state index contributed by atoms with van der Waals surface area (Å²) in [6, 6.07) is 14.2. The highest BCUT2D eigenvalue weighted by Gasteiger charge is 2.11. The third kappa shape index (κ3) is 5.97. The molecule has 0 aliphatic rings. The Balaban J connectivity index is 2.14. The summed E-state index contributed by atoms with van der Waals surface area (Å²) in [6.07, 6.45) is 1.47. The fourth-order valence-corrected chi connectivity index (χ4v) is 2.67. The molecule has 138 valence electrons. The summed E-state index contributed by atoms with van der Waals surface area (Å²) in [5.74, 6) is -0.545. The lowest BCUT2D eigenvalue weighted by Gasteiger charge is -2.08. The Labute approximate surface area is 165 Å². The smallest absolute Gasteiger partial charge is 0.343 e. The Hall–Kier alpha value is -3.11. The Kier molecular flexibility index (Phi) is 7.15. The number of halogens is 1. The van der Waals surface area contributed by atoms with Crippen molar-refractivity contribution in [1.29, 1.82) is 5.26 Å². The van der Waals surface area contributed by atoms with E-state index in [1.54, 1.807) is 24.3 Å². The number of nitriles is 1. The molecule has 0 atom stereocenters. The second-order valence-electron chi connectivity index (χ2n) is 5.55. The third-order valence-corrected chi connectivity index (χ3v) is 4.10. The van der Waals surface area contributed by atoms with Crippen LogP contribution in [0.15, 0.2) is 52.5 Å². The number of rotatable bonds is 6. The van der Waals surface area contributed by atoms with Crippen LogP contribution < -0.4 is 10.1 Å². The molecule has 1 amide bonds. The van der Waals surface area contributed by atoms with Crippen LogP contribution in [0.3, 0.4) is 0 Å². The van der Waals surface area contributed by atoms with Crippen LogP contribution in [0.5, 0.6) is 5.75 Å². The van der Waals surface area contributed by atoms with Gasteiger partial charge < -0.3 is 14.8 Å². The highest BCUT2D eigenvalue weighted by atomic mass is 79.9. The van der Waals surface area contributed by atoms with E-state index in [1.165, 1.54) is 13.2 Å². The molecule has 0 fully saturated rings. The molecule has 27 heavy (non-hydrogen) atoms. The number of amides is 1. The van der Waals surface area contributed by atoms with Crippen LogP contribution in [-0.2, 0) is 14.3 Å². The number of carbonyl (C=O) groups excluding carboxylic acids is 2. The Bertz CT molecular complexity index is 932. The van der Waals surface area contributed by atoms with Gasteiger partial charge in [-0.2, -0.15) is 5.26 Å². The van der Waals surface area contributed by atoms with Crippen molar-refractivity contribution in [2.24, 2.45) is 0 Å². The van der Waals surface area contributed by atoms with E-state index in [0.29, 0.717) is 21.5 Å². The van der Waals surface area contributed by atoms with Gasteiger partial charge in [0.1, 0.15) is 17.4 Å². The van der Waals surface area contributed by atoms with Gasteiger partial charge in [0.05, 0.1) is 11.6 Å². The van der Waals surface area contributed by atoms with Gasteiger partial charge in [0.15, 0.2) is 6.61 Å². The zero-order valence-electron chi connectivity index (χ0n) is 14.8. The third-order valence-electron chi connectivity index (χ3n) is 3.48. The van der Waals surface area contributed by atoms with E-state index in [0.717, 1.165) is 5.56 Å². The summed E-state index contributed by atoms with van der Waals surface area (Å²) in [6.45, 7) is 1.70. The van der Waals surface area contributed by atoms with Crippen LogP contribution in [0.1, 0.15) is 11.1 Å². The van der Waals surface area contributed by atoms with E-state index in [4.69, 9.17) is 4.74 Å². The first kappa shape index (κ1) is 20.2. The predicted octanol–water partition coefficient (Wildman–Crippen LogP) is 3.86. The van der Waals surface area contributed by atoms with Gasteiger partial charge in [-0.05, 0) is 64.3 Å². The maximum atomic E-state index is 12.3. The van der Waals surface area contributed by atoms with Gasteiger partial charge in [-0.3, -0.25) is 4.79 Å². The number of anilines is 1. The Morgan fingerprint density at radius 3 is 2.67 bits per heavy atom. The minimum absolute atomic E-state index is 0.0355. The molecule has 1 N–H and O–H groups in total. The molecular formula is C20H17BrN2O4. The average molecular weight is 429 g/mol. The molecule has 0 saturated heterocycles. The molecule has 0 aliphatic heterocycles. The number of esters is 1. The maximum absolute atomic E-state index is 12.3. The highest BCUT2D eigenvalue weighted by molar-refractivity contribution is 9.10. The van der Waals surface area contributed by atoms with Crippen LogP contribution in [0, 0.1) is 18.3 Å². The molecule has 0 spiro atoms. The van der Waals surface area contributed by atoms with Crippen molar-refractivity contribution in [1.82, 2.24) is 0 Å². The lowest BCUT2D eigenvalue weighted by molar-refractivity contribution is -0.142. The number of benzene rings is 2. The van der Waals surface area contributed by atoms with Crippen molar-refractivity contribution in [2.45, 2.75) is 6.92 Å². The summed E-state index contributed by atoms with van der Waals surface area (Å²) < 4.78 is 10.4. The first-order chi connectivity index (χ1) is 12.9. The fourth-order valence-electron chi connectivity index (χ4n) is 2.16. The Morgan fingerprint density at radius 1 is 1.26 bits per heavy atom. The molecule has 0 heterocycles. The first-order valence-electron chi connectivity index (χ1n) is 7.92. The van der Waals surface area contributed by atoms with Crippen molar-refractivity contribution in [2.75, 3.05) is 19.0 Å². The number of aryl methyl sites for hydroxylation is 1. The minimum atomic E-state index is -0.495. The highest BCUT2D eigenvalue weighted by Crippen LogP contribution is 2.27. The number of methoxy groups -OCH3 is 1. The fraction of sp³-hybridized carbons (Fsp3) is 0.150. The van der Waals surface area contributed by atoms with Crippen molar-refractivity contribution in [3.63, 3.8) is 0 Å².